The molecular formula is C32H41N6O6P. The number of hydrogen-bond donors (Lipinski definition) is 2. The molecule has 45 heavy (non-hydrogen) atoms. The highest BCUT2D eigenvalue weighted by molar-refractivity contribution is 7.45. The number of nitrogen functional groups attached to an aromatic ring is 1. The Balaban J connectivity index is 1.16. The fourth-order valence-corrected chi connectivity index (χ4v) is 7.20. The third kappa shape index (κ3) is 7.30. The van der Waals surface area contributed by atoms with Crippen LogP contribution in [0.2, 0.25) is 0 Å². The highest BCUT2D eigenvalue weighted by Gasteiger charge is 2.36. The summed E-state index contributed by atoms with van der Waals surface area (Å²) in [6.45, 7) is 6.46. The van der Waals surface area contributed by atoms with Gasteiger partial charge in [-0.05, 0) is 57.4 Å². The molecule has 0 amide bonds. The number of hydrogen-bond acceptors (Lipinski definition) is 11. The second-order valence-corrected chi connectivity index (χ2v) is 12.9. The highest BCUT2D eigenvalue weighted by Crippen LogP contribution is 2.42. The third-order valence-corrected chi connectivity index (χ3v) is 9.56. The van der Waals surface area contributed by atoms with Crippen molar-refractivity contribution in [3.05, 3.63) is 48.8 Å². The predicted molar refractivity (Wildman–Crippen MR) is 172 cm³/mol. The Kier molecular flexibility index (Phi) is 9.94. The van der Waals surface area contributed by atoms with E-state index in [1.54, 1.807) is 13.3 Å². The molecule has 13 heteroatoms. The van der Waals surface area contributed by atoms with Crippen molar-refractivity contribution in [1.29, 1.82) is 0 Å². The first kappa shape index (κ1) is 31.4. The van der Waals surface area contributed by atoms with Gasteiger partial charge in [-0.1, -0.05) is 49.7 Å². The molecule has 240 valence electrons. The molecular weight excluding hydrogens is 595 g/mol. The van der Waals surface area contributed by atoms with Gasteiger partial charge in [-0.3, -0.25) is 9.36 Å². The quantitative estimate of drug-likeness (QED) is 0.138. The van der Waals surface area contributed by atoms with Crippen LogP contribution in [-0.2, 0) is 18.8 Å². The number of benzene rings is 2. The molecule has 6 rings (SSSR count). The maximum atomic E-state index is 13.0. The Bertz CT molecular complexity index is 1610. The van der Waals surface area contributed by atoms with E-state index in [9.17, 15) is 4.79 Å². The van der Waals surface area contributed by atoms with Crippen LogP contribution in [0.3, 0.4) is 0 Å². The number of anilines is 1. The second-order valence-electron chi connectivity index (χ2n) is 11.7. The van der Waals surface area contributed by atoms with Gasteiger partial charge in [0.2, 0.25) is 11.8 Å². The van der Waals surface area contributed by atoms with Crippen molar-refractivity contribution in [2.24, 2.45) is 5.92 Å². The summed E-state index contributed by atoms with van der Waals surface area (Å²) in [7, 11) is -1.74. The Morgan fingerprint density at radius 2 is 1.96 bits per heavy atom. The van der Waals surface area contributed by atoms with Gasteiger partial charge in [-0.15, -0.1) is 0 Å². The van der Waals surface area contributed by atoms with E-state index >= 15 is 0 Å². The van der Waals surface area contributed by atoms with Crippen molar-refractivity contribution >= 4 is 42.4 Å². The predicted octanol–water partition coefficient (Wildman–Crippen LogP) is 6.06. The van der Waals surface area contributed by atoms with Gasteiger partial charge in [-0.25, -0.2) is 10.1 Å². The van der Waals surface area contributed by atoms with E-state index in [-0.39, 0.29) is 42.9 Å². The second kappa shape index (κ2) is 14.2. The fourth-order valence-electron chi connectivity index (χ4n) is 5.96. The van der Waals surface area contributed by atoms with Crippen molar-refractivity contribution in [3.8, 4) is 11.6 Å². The van der Waals surface area contributed by atoms with Crippen molar-refractivity contribution in [1.82, 2.24) is 24.6 Å². The van der Waals surface area contributed by atoms with Crippen molar-refractivity contribution < 1.29 is 28.1 Å². The molecule has 12 nitrogen and oxygen atoms in total. The first-order valence-electron chi connectivity index (χ1n) is 15.7. The summed E-state index contributed by atoms with van der Waals surface area (Å²) in [6.07, 6.45) is 7.00. The molecule has 0 bridgehead atoms. The molecule has 1 saturated heterocycles. The van der Waals surface area contributed by atoms with Gasteiger partial charge in [0, 0.05) is 11.3 Å². The van der Waals surface area contributed by atoms with E-state index in [0.717, 1.165) is 42.9 Å². The topological polar surface area (TPSA) is 145 Å². The van der Waals surface area contributed by atoms with E-state index in [4.69, 9.17) is 29.0 Å². The minimum absolute atomic E-state index is 0.0311. The van der Waals surface area contributed by atoms with Crippen molar-refractivity contribution in [2.45, 2.75) is 83.8 Å². The van der Waals surface area contributed by atoms with Crippen LogP contribution in [0, 0.1) is 5.92 Å². The van der Waals surface area contributed by atoms with E-state index in [1.807, 2.05) is 54.0 Å². The molecule has 1 aliphatic carbocycles. The number of esters is 1. The molecule has 5 unspecified atom stereocenters. The van der Waals surface area contributed by atoms with E-state index < -0.39 is 14.6 Å². The Morgan fingerprint density at radius 1 is 1.16 bits per heavy atom. The van der Waals surface area contributed by atoms with Gasteiger partial charge < -0.3 is 29.0 Å². The van der Waals surface area contributed by atoms with Crippen LogP contribution < -0.4 is 20.1 Å². The number of rotatable bonds is 12. The molecule has 0 radical (unpaired) electrons. The lowest BCUT2D eigenvalue weighted by Crippen LogP contribution is -2.36. The zero-order chi connectivity index (χ0) is 31.3. The van der Waals surface area contributed by atoms with E-state index in [0.29, 0.717) is 29.4 Å². The number of nitrogens with one attached hydrogen (secondary N) is 1. The molecule has 2 aliphatic rings. The summed E-state index contributed by atoms with van der Waals surface area (Å²) in [5.41, 5.74) is 7.07. The van der Waals surface area contributed by atoms with Crippen LogP contribution in [0.4, 0.5) is 5.95 Å². The number of carbonyl (C=O) groups is 1. The zero-order valence-electron chi connectivity index (χ0n) is 25.9. The van der Waals surface area contributed by atoms with E-state index in [1.165, 1.54) is 6.42 Å². The number of fused-ring (bicyclic) bond motifs is 2. The van der Waals surface area contributed by atoms with Crippen molar-refractivity contribution in [3.63, 3.8) is 0 Å². The Hall–Kier alpha value is -3.57. The first-order chi connectivity index (χ1) is 21.9. The molecule has 4 aromatic rings. The maximum Gasteiger partial charge on any atom is 0.323 e. The maximum absolute atomic E-state index is 13.0. The largest absolute Gasteiger partial charge is 0.476 e. The molecule has 3 heterocycles. The molecule has 2 aromatic carbocycles. The summed E-state index contributed by atoms with van der Waals surface area (Å²) < 4.78 is 32.6. The monoisotopic (exact) mass is 636 g/mol. The summed E-state index contributed by atoms with van der Waals surface area (Å²) in [4.78, 5) is 26.1. The number of nitrogens with zero attached hydrogens (tertiary/aromatic N) is 4. The number of nitrogens with two attached hydrogens (primary N) is 1. The van der Waals surface area contributed by atoms with Gasteiger partial charge in [-0.2, -0.15) is 9.97 Å². The normalized spacial score (nSPS) is 22.0. The van der Waals surface area contributed by atoms with Gasteiger partial charge in [0.15, 0.2) is 11.2 Å². The van der Waals surface area contributed by atoms with Crippen LogP contribution in [0.25, 0.3) is 21.9 Å². The average molecular weight is 637 g/mol. The SMILES string of the molecule is CCOc1nc(N)nc2c1ncn2C1OC(COP(NC(C)C(=O)OC2CCCCC2)Oc2cccc3ccccc23)CC1C. The van der Waals surface area contributed by atoms with Crippen LogP contribution in [0.1, 0.15) is 65.5 Å². The van der Waals surface area contributed by atoms with Gasteiger partial charge in [0.1, 0.15) is 24.1 Å². The standard InChI is InChI=1S/C32H41N6O6P/c1-4-40-29-27-28(35-32(33)36-29)38(19-34-27)30-20(2)17-24(42-30)18-41-45(37-21(3)31(39)43-23-13-6-5-7-14-23)44-26-16-10-12-22-11-8-9-15-25(22)26/h8-12,15-16,19-21,23-24,30,37H,4-7,13-14,17-18H2,1-3H3,(H2,33,35,36). The number of imidazole rings is 1. The summed E-state index contributed by atoms with van der Waals surface area (Å²) in [5, 5.41) is 5.28. The van der Waals surface area contributed by atoms with Crippen LogP contribution >= 0.6 is 8.53 Å². The third-order valence-electron chi connectivity index (χ3n) is 8.21. The molecule has 2 fully saturated rings. The molecule has 2 aromatic heterocycles. The van der Waals surface area contributed by atoms with Gasteiger partial charge in [0.25, 0.3) is 0 Å². The zero-order valence-corrected chi connectivity index (χ0v) is 26.8. The van der Waals surface area contributed by atoms with Crippen LogP contribution in [0.5, 0.6) is 11.6 Å². The van der Waals surface area contributed by atoms with E-state index in [2.05, 4.69) is 27.0 Å². The van der Waals surface area contributed by atoms with Crippen molar-refractivity contribution in [2.75, 3.05) is 18.9 Å². The van der Waals surface area contributed by atoms with Crippen LogP contribution in [-0.4, -0.2) is 57.0 Å². The smallest absolute Gasteiger partial charge is 0.323 e. The summed E-state index contributed by atoms with van der Waals surface area (Å²) in [5.74, 6) is 0.958. The molecule has 1 aliphatic heterocycles. The minimum Gasteiger partial charge on any atom is -0.476 e. The number of aromatic nitrogens is 4. The van der Waals surface area contributed by atoms with Gasteiger partial charge >= 0.3 is 14.5 Å². The number of carbonyl (C=O) groups excluding carboxylic acids is 1. The lowest BCUT2D eigenvalue weighted by atomic mass is 9.98. The summed E-state index contributed by atoms with van der Waals surface area (Å²) >= 11 is 0. The highest BCUT2D eigenvalue weighted by atomic mass is 31.2. The molecule has 5 atom stereocenters. The first-order valence-corrected chi connectivity index (χ1v) is 16.9. The van der Waals surface area contributed by atoms with Crippen LogP contribution in [0.15, 0.2) is 48.8 Å². The summed E-state index contributed by atoms with van der Waals surface area (Å²) in [6, 6.07) is 13.3. The number of ether oxygens (including phenoxy) is 3. The lowest BCUT2D eigenvalue weighted by molar-refractivity contribution is -0.152. The fraction of sp³-hybridized carbons (Fsp3) is 0.500. The molecule has 3 N–H and O–H groups in total. The molecule has 0 spiro atoms. The lowest BCUT2D eigenvalue weighted by Gasteiger charge is -2.26. The van der Waals surface area contributed by atoms with Gasteiger partial charge in [0.05, 0.1) is 25.6 Å². The average Bonchev–Trinajstić information content (AvgIpc) is 3.63. The molecule has 1 saturated carbocycles. The Morgan fingerprint density at radius 3 is 2.78 bits per heavy atom. The minimum atomic E-state index is -1.74. The Labute approximate surface area is 263 Å².